The second-order valence-electron chi connectivity index (χ2n) is 6.93. The zero-order chi connectivity index (χ0) is 20.7. The van der Waals surface area contributed by atoms with E-state index in [1.165, 1.54) is 6.20 Å². The number of benzene rings is 2. The molecule has 2 aromatic carbocycles. The van der Waals surface area contributed by atoms with Gasteiger partial charge in [0.15, 0.2) is 0 Å². The fourth-order valence-electron chi connectivity index (χ4n) is 3.98. The fourth-order valence-corrected chi connectivity index (χ4v) is 5.03. The van der Waals surface area contributed by atoms with Crippen LogP contribution in [-0.4, -0.2) is 28.8 Å². The molecular weight excluding hydrogens is 400 g/mol. The number of ether oxygens (including phenoxy) is 1. The number of carbonyl (C=O) groups excluding carboxylic acids is 1. The molecule has 4 aromatic rings. The number of carboxylic acid groups (broad SMARTS) is 1. The Morgan fingerprint density at radius 2 is 1.70 bits per heavy atom. The molecular formula is C23H16N2O4S. The van der Waals surface area contributed by atoms with Gasteiger partial charge in [-0.2, -0.15) is 0 Å². The van der Waals surface area contributed by atoms with Gasteiger partial charge in [-0.25, -0.2) is 9.59 Å². The van der Waals surface area contributed by atoms with Gasteiger partial charge in [0.1, 0.15) is 17.2 Å². The molecule has 0 unspecified atom stereocenters. The molecule has 2 N–H and O–H groups in total. The number of nitrogens with one attached hydrogen (secondary N) is 1. The van der Waals surface area contributed by atoms with Crippen molar-refractivity contribution in [3.8, 4) is 11.1 Å². The first-order valence-corrected chi connectivity index (χ1v) is 10.2. The monoisotopic (exact) mass is 416 g/mol. The van der Waals surface area contributed by atoms with Crippen LogP contribution in [0.25, 0.3) is 21.2 Å². The van der Waals surface area contributed by atoms with Crippen molar-refractivity contribution in [3.63, 3.8) is 0 Å². The first-order valence-electron chi connectivity index (χ1n) is 9.35. The maximum atomic E-state index is 12.5. The van der Waals surface area contributed by atoms with Crippen molar-refractivity contribution in [2.24, 2.45) is 0 Å². The lowest BCUT2D eigenvalue weighted by Crippen LogP contribution is -2.18. The van der Waals surface area contributed by atoms with Gasteiger partial charge in [-0.05, 0) is 28.3 Å². The number of fused-ring (bicyclic) bond motifs is 4. The molecule has 30 heavy (non-hydrogen) atoms. The minimum atomic E-state index is -1.11. The molecule has 2 heterocycles. The number of aromatic carboxylic acids is 1. The number of hydrogen-bond donors (Lipinski definition) is 2. The summed E-state index contributed by atoms with van der Waals surface area (Å²) in [6.07, 6.45) is 2.42. The molecule has 148 valence electrons. The number of hydrogen-bond acceptors (Lipinski definition) is 5. The molecule has 7 heteroatoms. The van der Waals surface area contributed by atoms with Crippen LogP contribution in [0.3, 0.4) is 0 Å². The number of nitrogens with zero attached hydrogens (tertiary/aromatic N) is 1. The molecule has 0 fully saturated rings. The number of carbonyl (C=O) groups is 2. The summed E-state index contributed by atoms with van der Waals surface area (Å²) < 4.78 is 6.21. The van der Waals surface area contributed by atoms with Crippen molar-refractivity contribution < 1.29 is 19.4 Å². The highest BCUT2D eigenvalue weighted by Crippen LogP contribution is 2.44. The molecule has 2 aromatic heterocycles. The molecule has 5 rings (SSSR count). The van der Waals surface area contributed by atoms with Crippen LogP contribution in [-0.2, 0) is 4.74 Å². The molecule has 0 bridgehead atoms. The van der Waals surface area contributed by atoms with E-state index < -0.39 is 12.1 Å². The molecule has 0 spiro atoms. The van der Waals surface area contributed by atoms with Gasteiger partial charge in [0, 0.05) is 23.7 Å². The van der Waals surface area contributed by atoms with E-state index in [1.54, 1.807) is 12.3 Å². The highest BCUT2D eigenvalue weighted by atomic mass is 32.1. The van der Waals surface area contributed by atoms with Gasteiger partial charge in [-0.3, -0.25) is 10.3 Å². The minimum absolute atomic E-state index is 0.0471. The van der Waals surface area contributed by atoms with E-state index in [2.05, 4.69) is 22.4 Å². The molecule has 0 atom stereocenters. The van der Waals surface area contributed by atoms with Crippen molar-refractivity contribution in [2.45, 2.75) is 5.92 Å². The highest BCUT2D eigenvalue weighted by molar-refractivity contribution is 7.23. The van der Waals surface area contributed by atoms with Gasteiger partial charge in [0.25, 0.3) is 0 Å². The number of anilines is 1. The maximum absolute atomic E-state index is 12.5. The van der Waals surface area contributed by atoms with Gasteiger partial charge >= 0.3 is 12.1 Å². The summed E-state index contributed by atoms with van der Waals surface area (Å²) in [5.74, 6) is -1.17. The lowest BCUT2D eigenvalue weighted by Gasteiger charge is -2.14. The Hall–Kier alpha value is -3.71. The number of aromatic nitrogens is 1. The van der Waals surface area contributed by atoms with Gasteiger partial charge in [-0.1, -0.05) is 48.5 Å². The zero-order valence-corrected chi connectivity index (χ0v) is 16.5. The van der Waals surface area contributed by atoms with Gasteiger partial charge in [-0.15, -0.1) is 11.3 Å². The van der Waals surface area contributed by atoms with Crippen molar-refractivity contribution in [1.82, 2.24) is 4.98 Å². The third-order valence-electron chi connectivity index (χ3n) is 5.27. The molecule has 6 nitrogen and oxygen atoms in total. The normalized spacial score (nSPS) is 12.4. The van der Waals surface area contributed by atoms with Crippen molar-refractivity contribution in [1.29, 1.82) is 0 Å². The summed E-state index contributed by atoms with van der Waals surface area (Å²) in [5, 5.41) is 13.0. The average Bonchev–Trinajstić information content (AvgIpc) is 3.27. The lowest BCUT2D eigenvalue weighted by atomic mass is 9.98. The predicted octanol–water partition coefficient (Wildman–Crippen LogP) is 5.36. The Labute approximate surface area is 175 Å². The molecule has 0 aliphatic heterocycles. The van der Waals surface area contributed by atoms with E-state index in [0.717, 1.165) is 33.6 Å². The van der Waals surface area contributed by atoms with Crippen molar-refractivity contribution in [2.75, 3.05) is 11.9 Å². The Balaban J connectivity index is 1.37. The maximum Gasteiger partial charge on any atom is 0.412 e. The van der Waals surface area contributed by atoms with Crippen LogP contribution in [0.15, 0.2) is 67.0 Å². The van der Waals surface area contributed by atoms with E-state index in [1.807, 2.05) is 36.4 Å². The molecule has 1 amide bonds. The smallest absolute Gasteiger partial charge is 0.412 e. The average molecular weight is 416 g/mol. The van der Waals surface area contributed by atoms with Crippen LogP contribution in [0.1, 0.15) is 27.4 Å². The van der Waals surface area contributed by atoms with Crippen LogP contribution in [0.4, 0.5) is 9.80 Å². The molecule has 0 saturated carbocycles. The van der Waals surface area contributed by atoms with Crippen LogP contribution in [0.5, 0.6) is 0 Å². The third-order valence-corrected chi connectivity index (χ3v) is 6.32. The lowest BCUT2D eigenvalue weighted by molar-refractivity contribution is 0.0700. The molecule has 1 aliphatic carbocycles. The van der Waals surface area contributed by atoms with E-state index in [-0.39, 0.29) is 23.1 Å². The SMILES string of the molecule is O=C(Nc1sc2cnccc2c1C(=O)O)OCC1c2ccccc2-c2ccccc21. The van der Waals surface area contributed by atoms with Crippen LogP contribution in [0.2, 0.25) is 0 Å². The first kappa shape index (κ1) is 18.3. The molecule has 0 saturated heterocycles. The van der Waals surface area contributed by atoms with E-state index >= 15 is 0 Å². The first-order chi connectivity index (χ1) is 14.6. The van der Waals surface area contributed by atoms with Crippen molar-refractivity contribution in [3.05, 3.63) is 83.7 Å². The topological polar surface area (TPSA) is 88.5 Å². The van der Waals surface area contributed by atoms with Crippen LogP contribution < -0.4 is 5.32 Å². The second-order valence-corrected chi connectivity index (χ2v) is 7.99. The number of pyridine rings is 1. The van der Waals surface area contributed by atoms with Crippen molar-refractivity contribution >= 4 is 38.5 Å². The largest absolute Gasteiger partial charge is 0.478 e. The molecule has 0 radical (unpaired) electrons. The molecule has 1 aliphatic rings. The predicted molar refractivity (Wildman–Crippen MR) is 115 cm³/mol. The number of carboxylic acids is 1. The third kappa shape index (κ3) is 3.00. The highest BCUT2D eigenvalue weighted by Gasteiger charge is 2.29. The Bertz CT molecular complexity index is 1250. The fraction of sp³-hybridized carbons (Fsp3) is 0.0870. The quantitative estimate of drug-likeness (QED) is 0.468. The van der Waals surface area contributed by atoms with E-state index in [0.29, 0.717) is 10.1 Å². The van der Waals surface area contributed by atoms with Gasteiger partial charge in [0.05, 0.1) is 4.70 Å². The summed E-state index contributed by atoms with van der Waals surface area (Å²) in [4.78, 5) is 28.2. The van der Waals surface area contributed by atoms with E-state index in [9.17, 15) is 14.7 Å². The summed E-state index contributed by atoms with van der Waals surface area (Å²) in [6, 6.07) is 17.8. The number of thiophene rings is 1. The van der Waals surface area contributed by atoms with E-state index in [4.69, 9.17) is 4.74 Å². The zero-order valence-electron chi connectivity index (χ0n) is 15.7. The van der Waals surface area contributed by atoms with Gasteiger partial charge < -0.3 is 9.84 Å². The number of rotatable bonds is 4. The minimum Gasteiger partial charge on any atom is -0.478 e. The van der Waals surface area contributed by atoms with Crippen LogP contribution >= 0.6 is 11.3 Å². The Kier molecular flexibility index (Phi) is 4.44. The summed E-state index contributed by atoms with van der Waals surface area (Å²) in [6.45, 7) is 0.161. The number of amides is 1. The summed E-state index contributed by atoms with van der Waals surface area (Å²) in [7, 11) is 0. The summed E-state index contributed by atoms with van der Waals surface area (Å²) in [5.41, 5.74) is 4.57. The standard InChI is InChI=1S/C23H16N2O4S/c26-22(27)20-17-9-10-24-11-19(17)30-21(20)25-23(28)29-12-18-15-7-3-1-5-13(15)14-6-2-4-8-16(14)18/h1-11,18H,12H2,(H,25,28)(H,26,27). The Morgan fingerprint density at radius 3 is 2.37 bits per heavy atom. The summed E-state index contributed by atoms with van der Waals surface area (Å²) >= 11 is 1.16. The van der Waals surface area contributed by atoms with Crippen LogP contribution in [0, 0.1) is 0 Å². The Morgan fingerprint density at radius 1 is 1.03 bits per heavy atom. The van der Waals surface area contributed by atoms with Gasteiger partial charge in [0.2, 0.25) is 0 Å². The second kappa shape index (κ2) is 7.27.